The SMILES string of the molecule is Cc1ccc(Oc2nc3ccccc3cc2CN)cc1C. The largest absolute Gasteiger partial charge is 0.439 e. The molecule has 3 nitrogen and oxygen atoms in total. The van der Waals surface area contributed by atoms with Gasteiger partial charge in [-0.3, -0.25) is 0 Å². The predicted octanol–water partition coefficient (Wildman–Crippen LogP) is 4.10. The van der Waals surface area contributed by atoms with Gasteiger partial charge in [0.25, 0.3) is 0 Å². The van der Waals surface area contributed by atoms with Crippen molar-refractivity contribution >= 4 is 10.9 Å². The van der Waals surface area contributed by atoms with E-state index in [0.717, 1.165) is 22.2 Å². The Labute approximate surface area is 124 Å². The van der Waals surface area contributed by atoms with Crippen molar-refractivity contribution in [1.29, 1.82) is 0 Å². The van der Waals surface area contributed by atoms with Crippen molar-refractivity contribution in [3.63, 3.8) is 0 Å². The Morgan fingerprint density at radius 2 is 1.81 bits per heavy atom. The summed E-state index contributed by atoms with van der Waals surface area (Å²) >= 11 is 0. The fourth-order valence-corrected chi connectivity index (χ4v) is 2.27. The highest BCUT2D eigenvalue weighted by atomic mass is 16.5. The first-order chi connectivity index (χ1) is 10.2. The first-order valence-electron chi connectivity index (χ1n) is 7.01. The summed E-state index contributed by atoms with van der Waals surface area (Å²) in [6.07, 6.45) is 0. The van der Waals surface area contributed by atoms with Crippen LogP contribution in [0.2, 0.25) is 0 Å². The highest BCUT2D eigenvalue weighted by Crippen LogP contribution is 2.27. The zero-order chi connectivity index (χ0) is 14.8. The maximum Gasteiger partial charge on any atom is 0.224 e. The number of nitrogens with zero attached hydrogens (tertiary/aromatic N) is 1. The smallest absolute Gasteiger partial charge is 0.224 e. The highest BCUT2D eigenvalue weighted by Gasteiger charge is 2.08. The van der Waals surface area contributed by atoms with Crippen LogP contribution in [0.25, 0.3) is 10.9 Å². The molecule has 0 atom stereocenters. The van der Waals surface area contributed by atoms with Crippen LogP contribution in [-0.2, 0) is 6.54 Å². The number of aryl methyl sites for hydroxylation is 2. The molecule has 3 aromatic rings. The van der Waals surface area contributed by atoms with Crippen molar-refractivity contribution in [2.45, 2.75) is 20.4 Å². The predicted molar refractivity (Wildman–Crippen MR) is 85.6 cm³/mol. The van der Waals surface area contributed by atoms with Gasteiger partial charge in [-0.1, -0.05) is 24.3 Å². The third-order valence-corrected chi connectivity index (χ3v) is 3.68. The van der Waals surface area contributed by atoms with Gasteiger partial charge in [-0.05, 0) is 49.2 Å². The summed E-state index contributed by atoms with van der Waals surface area (Å²) in [7, 11) is 0. The molecule has 0 saturated heterocycles. The van der Waals surface area contributed by atoms with Crippen molar-refractivity contribution in [3.05, 3.63) is 65.2 Å². The maximum absolute atomic E-state index is 5.95. The maximum atomic E-state index is 5.95. The van der Waals surface area contributed by atoms with Gasteiger partial charge in [0.1, 0.15) is 5.75 Å². The van der Waals surface area contributed by atoms with E-state index in [9.17, 15) is 0 Å². The molecular formula is C18H18N2O. The average Bonchev–Trinajstić information content (AvgIpc) is 2.50. The Balaban J connectivity index is 2.04. The Hall–Kier alpha value is -2.39. The molecule has 0 fully saturated rings. The first-order valence-corrected chi connectivity index (χ1v) is 7.01. The van der Waals surface area contributed by atoms with Crippen molar-refractivity contribution < 1.29 is 4.74 Å². The van der Waals surface area contributed by atoms with Crippen LogP contribution in [-0.4, -0.2) is 4.98 Å². The molecule has 0 aliphatic carbocycles. The summed E-state index contributed by atoms with van der Waals surface area (Å²) < 4.78 is 5.95. The van der Waals surface area contributed by atoms with E-state index in [2.05, 4.69) is 18.8 Å². The Bertz CT molecular complexity index is 796. The molecule has 1 heterocycles. The van der Waals surface area contributed by atoms with Gasteiger partial charge in [-0.25, -0.2) is 4.98 Å². The van der Waals surface area contributed by atoms with Crippen LogP contribution >= 0.6 is 0 Å². The van der Waals surface area contributed by atoms with Gasteiger partial charge in [0.15, 0.2) is 0 Å². The lowest BCUT2D eigenvalue weighted by Crippen LogP contribution is -2.02. The minimum atomic E-state index is 0.401. The lowest BCUT2D eigenvalue weighted by molar-refractivity contribution is 0.458. The van der Waals surface area contributed by atoms with Gasteiger partial charge in [-0.2, -0.15) is 0 Å². The Morgan fingerprint density at radius 1 is 1.00 bits per heavy atom. The van der Waals surface area contributed by atoms with Gasteiger partial charge in [0, 0.05) is 17.5 Å². The third-order valence-electron chi connectivity index (χ3n) is 3.68. The topological polar surface area (TPSA) is 48.1 Å². The molecule has 3 heteroatoms. The standard InChI is InChI=1S/C18H18N2O/c1-12-7-8-16(9-13(12)2)21-18-15(11-19)10-14-5-3-4-6-17(14)20-18/h3-10H,11,19H2,1-2H3. The molecule has 0 unspecified atom stereocenters. The lowest BCUT2D eigenvalue weighted by Gasteiger charge is -2.11. The molecule has 0 amide bonds. The van der Waals surface area contributed by atoms with E-state index in [-0.39, 0.29) is 0 Å². The number of rotatable bonds is 3. The second-order valence-corrected chi connectivity index (χ2v) is 5.20. The van der Waals surface area contributed by atoms with Crippen LogP contribution in [0.4, 0.5) is 0 Å². The lowest BCUT2D eigenvalue weighted by atomic mass is 10.1. The van der Waals surface area contributed by atoms with Crippen LogP contribution in [0, 0.1) is 13.8 Å². The summed E-state index contributed by atoms with van der Waals surface area (Å²) in [6, 6.07) is 16.0. The molecule has 3 rings (SSSR count). The number of hydrogen-bond acceptors (Lipinski definition) is 3. The molecule has 106 valence electrons. The second-order valence-electron chi connectivity index (χ2n) is 5.20. The highest BCUT2D eigenvalue weighted by molar-refractivity contribution is 5.80. The van der Waals surface area contributed by atoms with E-state index in [1.165, 1.54) is 11.1 Å². The van der Waals surface area contributed by atoms with Crippen LogP contribution in [0.1, 0.15) is 16.7 Å². The summed E-state index contributed by atoms with van der Waals surface area (Å²) in [4.78, 5) is 4.59. The fourth-order valence-electron chi connectivity index (χ4n) is 2.27. The van der Waals surface area contributed by atoms with Gasteiger partial charge in [-0.15, -0.1) is 0 Å². The van der Waals surface area contributed by atoms with Crippen molar-refractivity contribution in [2.75, 3.05) is 0 Å². The molecule has 0 saturated carbocycles. The number of pyridine rings is 1. The van der Waals surface area contributed by atoms with Crippen molar-refractivity contribution in [2.24, 2.45) is 5.73 Å². The number of benzene rings is 2. The van der Waals surface area contributed by atoms with Crippen LogP contribution in [0.15, 0.2) is 48.5 Å². The number of aromatic nitrogens is 1. The molecular weight excluding hydrogens is 260 g/mol. The van der Waals surface area contributed by atoms with E-state index < -0.39 is 0 Å². The summed E-state index contributed by atoms with van der Waals surface area (Å²) in [5, 5.41) is 1.07. The van der Waals surface area contributed by atoms with Crippen LogP contribution < -0.4 is 10.5 Å². The van der Waals surface area contributed by atoms with Gasteiger partial charge >= 0.3 is 0 Å². The van der Waals surface area contributed by atoms with Crippen LogP contribution in [0.5, 0.6) is 11.6 Å². The Morgan fingerprint density at radius 3 is 2.57 bits per heavy atom. The molecule has 0 radical (unpaired) electrons. The molecule has 0 spiro atoms. The van der Waals surface area contributed by atoms with E-state index in [1.54, 1.807) is 0 Å². The van der Waals surface area contributed by atoms with E-state index in [0.29, 0.717) is 12.4 Å². The zero-order valence-corrected chi connectivity index (χ0v) is 12.3. The average molecular weight is 278 g/mol. The van der Waals surface area contributed by atoms with Gasteiger partial charge in [0.05, 0.1) is 5.52 Å². The summed E-state index contributed by atoms with van der Waals surface area (Å²) in [5.41, 5.74) is 10.1. The van der Waals surface area contributed by atoms with E-state index in [4.69, 9.17) is 10.5 Å². The summed E-state index contributed by atoms with van der Waals surface area (Å²) in [6.45, 7) is 4.55. The molecule has 0 aliphatic heterocycles. The molecule has 2 N–H and O–H groups in total. The number of ether oxygens (including phenoxy) is 1. The normalized spacial score (nSPS) is 10.8. The monoisotopic (exact) mass is 278 g/mol. The number of hydrogen-bond donors (Lipinski definition) is 1. The molecule has 2 aromatic carbocycles. The third kappa shape index (κ3) is 2.73. The van der Waals surface area contributed by atoms with Crippen molar-refractivity contribution in [3.8, 4) is 11.6 Å². The second kappa shape index (κ2) is 5.54. The molecule has 1 aromatic heterocycles. The van der Waals surface area contributed by atoms with E-state index in [1.807, 2.05) is 48.5 Å². The minimum absolute atomic E-state index is 0.401. The van der Waals surface area contributed by atoms with Gasteiger partial charge < -0.3 is 10.5 Å². The Kier molecular flexibility index (Phi) is 3.59. The first kappa shape index (κ1) is 13.6. The molecule has 21 heavy (non-hydrogen) atoms. The fraction of sp³-hybridized carbons (Fsp3) is 0.167. The summed E-state index contributed by atoms with van der Waals surface area (Å²) in [5.74, 6) is 1.37. The number of fused-ring (bicyclic) bond motifs is 1. The minimum Gasteiger partial charge on any atom is -0.439 e. The number of para-hydroxylation sites is 1. The molecule has 0 bridgehead atoms. The van der Waals surface area contributed by atoms with E-state index >= 15 is 0 Å². The quantitative estimate of drug-likeness (QED) is 0.784. The van der Waals surface area contributed by atoms with Crippen molar-refractivity contribution in [1.82, 2.24) is 4.98 Å². The van der Waals surface area contributed by atoms with Crippen LogP contribution in [0.3, 0.4) is 0 Å². The van der Waals surface area contributed by atoms with Gasteiger partial charge in [0.2, 0.25) is 5.88 Å². The zero-order valence-electron chi connectivity index (χ0n) is 12.3. The number of nitrogens with two attached hydrogens (primary N) is 1. The molecule has 0 aliphatic rings.